The van der Waals surface area contributed by atoms with Crippen LogP contribution in [0.3, 0.4) is 0 Å². The molecule has 0 unspecified atom stereocenters. The first kappa shape index (κ1) is 11.5. The molecule has 0 aromatic carbocycles. The van der Waals surface area contributed by atoms with Gasteiger partial charge in [0.05, 0.1) is 16.8 Å². The molecule has 5 nitrogen and oxygen atoms in total. The lowest BCUT2D eigenvalue weighted by molar-refractivity contribution is -0.165. The normalized spacial score (nSPS) is 19.3. The molecule has 0 saturated carbocycles. The summed E-state index contributed by atoms with van der Waals surface area (Å²) in [6, 6.07) is 0. The average Bonchev–Trinajstić information content (AvgIpc) is 2.65. The van der Waals surface area contributed by atoms with Gasteiger partial charge in [-0.2, -0.15) is 0 Å². The first-order valence-corrected chi connectivity index (χ1v) is 5.97. The van der Waals surface area contributed by atoms with Crippen LogP contribution < -0.4 is 0 Å². The highest BCUT2D eigenvalue weighted by atomic mass is 32.1. The molecule has 1 N–H and O–H groups in total. The Kier molecular flexibility index (Phi) is 3.22. The fourth-order valence-corrected chi connectivity index (χ4v) is 2.43. The van der Waals surface area contributed by atoms with Crippen molar-refractivity contribution in [2.75, 3.05) is 19.7 Å². The van der Waals surface area contributed by atoms with Crippen LogP contribution in [0.1, 0.15) is 12.6 Å². The quantitative estimate of drug-likeness (QED) is 0.828. The van der Waals surface area contributed by atoms with Crippen LogP contribution in [0.15, 0.2) is 10.9 Å². The number of thiazole rings is 1. The number of ether oxygens (including phenoxy) is 1. The van der Waals surface area contributed by atoms with Gasteiger partial charge in [0.1, 0.15) is 6.61 Å². The van der Waals surface area contributed by atoms with E-state index in [-0.39, 0.29) is 12.2 Å². The largest absolute Gasteiger partial charge is 0.480 e. The minimum absolute atomic E-state index is 0.221. The van der Waals surface area contributed by atoms with Crippen LogP contribution in [-0.2, 0) is 16.1 Å². The van der Waals surface area contributed by atoms with Crippen LogP contribution in [0.25, 0.3) is 0 Å². The summed E-state index contributed by atoms with van der Waals surface area (Å²) < 4.78 is 5.32. The van der Waals surface area contributed by atoms with E-state index >= 15 is 0 Å². The Hall–Kier alpha value is -0.980. The van der Waals surface area contributed by atoms with E-state index in [0.29, 0.717) is 0 Å². The summed E-state index contributed by atoms with van der Waals surface area (Å²) in [4.78, 5) is 16.8. The maximum absolute atomic E-state index is 10.4. The second-order valence-corrected chi connectivity index (χ2v) is 4.98. The molecule has 1 saturated heterocycles. The van der Waals surface area contributed by atoms with Crippen LogP contribution in [0.2, 0.25) is 0 Å². The number of likely N-dealkylation sites (tertiary alicyclic amines) is 1. The van der Waals surface area contributed by atoms with Crippen molar-refractivity contribution < 1.29 is 14.6 Å². The molecule has 1 aliphatic rings. The molecule has 0 spiro atoms. The number of rotatable bonds is 5. The van der Waals surface area contributed by atoms with Crippen molar-refractivity contribution in [3.8, 4) is 0 Å². The Bertz CT molecular complexity index is 360. The number of carboxylic acids is 1. The Morgan fingerprint density at radius 2 is 2.50 bits per heavy atom. The zero-order valence-electron chi connectivity index (χ0n) is 9.05. The molecule has 16 heavy (non-hydrogen) atoms. The third-order valence-corrected chi connectivity index (χ3v) is 3.16. The van der Waals surface area contributed by atoms with Crippen molar-refractivity contribution in [3.63, 3.8) is 0 Å². The molecule has 2 heterocycles. The highest BCUT2D eigenvalue weighted by Gasteiger charge is 2.40. The van der Waals surface area contributed by atoms with Gasteiger partial charge in [-0.3, -0.25) is 4.90 Å². The average molecular weight is 242 g/mol. The number of nitrogens with zero attached hydrogens (tertiary/aromatic N) is 2. The molecule has 6 heteroatoms. The molecule has 0 bridgehead atoms. The highest BCUT2D eigenvalue weighted by Crippen LogP contribution is 2.26. The molecular weight excluding hydrogens is 228 g/mol. The fraction of sp³-hybridized carbons (Fsp3) is 0.600. The molecule has 88 valence electrons. The van der Waals surface area contributed by atoms with E-state index in [9.17, 15) is 4.79 Å². The van der Waals surface area contributed by atoms with Crippen LogP contribution in [0.4, 0.5) is 0 Å². The molecule has 1 fully saturated rings. The molecule has 1 aliphatic heterocycles. The Labute approximate surface area is 97.7 Å². The molecule has 0 radical (unpaired) electrons. The van der Waals surface area contributed by atoms with Gasteiger partial charge in [0, 0.05) is 25.0 Å². The maximum Gasteiger partial charge on any atom is 0.329 e. The second kappa shape index (κ2) is 4.48. The first-order chi connectivity index (χ1) is 7.57. The number of carbonyl (C=O) groups is 1. The van der Waals surface area contributed by atoms with E-state index in [1.807, 2.05) is 17.8 Å². The van der Waals surface area contributed by atoms with Crippen molar-refractivity contribution in [3.05, 3.63) is 16.6 Å². The lowest BCUT2D eigenvalue weighted by Crippen LogP contribution is -2.61. The maximum atomic E-state index is 10.4. The first-order valence-electron chi connectivity index (χ1n) is 5.03. The predicted octanol–water partition coefficient (Wildman–Crippen LogP) is 0.819. The minimum atomic E-state index is -0.917. The predicted molar refractivity (Wildman–Crippen MR) is 59.4 cm³/mol. The summed E-state index contributed by atoms with van der Waals surface area (Å²) in [6.07, 6.45) is 0. The number of aromatic nitrogens is 1. The summed E-state index contributed by atoms with van der Waals surface area (Å²) in [7, 11) is 0. The lowest BCUT2D eigenvalue weighted by atomic mass is 9.96. The van der Waals surface area contributed by atoms with Gasteiger partial charge in [-0.05, 0) is 6.92 Å². The van der Waals surface area contributed by atoms with Crippen molar-refractivity contribution >= 4 is 17.3 Å². The number of aliphatic carboxylic acids is 1. The molecule has 1 aromatic heterocycles. The number of carboxylic acid groups (broad SMARTS) is 1. The smallest absolute Gasteiger partial charge is 0.329 e. The Morgan fingerprint density at radius 3 is 3.06 bits per heavy atom. The van der Waals surface area contributed by atoms with E-state index in [0.717, 1.165) is 25.3 Å². The van der Waals surface area contributed by atoms with E-state index in [1.54, 1.807) is 11.3 Å². The summed E-state index contributed by atoms with van der Waals surface area (Å²) >= 11 is 1.58. The lowest BCUT2D eigenvalue weighted by Gasteiger charge is -2.47. The highest BCUT2D eigenvalue weighted by molar-refractivity contribution is 7.07. The van der Waals surface area contributed by atoms with E-state index in [4.69, 9.17) is 9.84 Å². The zero-order chi connectivity index (χ0) is 11.6. The monoisotopic (exact) mass is 242 g/mol. The molecule has 0 amide bonds. The Balaban J connectivity index is 1.74. The van der Waals surface area contributed by atoms with Gasteiger partial charge in [0.2, 0.25) is 0 Å². The molecule has 1 aromatic rings. The third-order valence-electron chi connectivity index (χ3n) is 2.53. The summed E-state index contributed by atoms with van der Waals surface area (Å²) in [5.41, 5.74) is 2.56. The third kappa shape index (κ3) is 2.78. The zero-order valence-corrected chi connectivity index (χ0v) is 9.87. The van der Waals surface area contributed by atoms with Gasteiger partial charge in [0.25, 0.3) is 0 Å². The van der Waals surface area contributed by atoms with Gasteiger partial charge in [0.15, 0.2) is 0 Å². The standard InChI is InChI=1S/C10H14N2O3S/c1-10(15-3-9(13)14)5-12(6-10)2-8-4-16-7-11-8/h4,7H,2-3,5-6H2,1H3,(H,13,14). The van der Waals surface area contributed by atoms with Gasteiger partial charge in [-0.25, -0.2) is 9.78 Å². The number of hydrogen-bond donors (Lipinski definition) is 1. The molecule has 0 atom stereocenters. The summed E-state index contributed by atoms with van der Waals surface area (Å²) in [6.45, 7) is 4.06. The van der Waals surface area contributed by atoms with E-state index < -0.39 is 5.97 Å². The SMILES string of the molecule is CC1(OCC(=O)O)CN(Cc2cscn2)C1. The van der Waals surface area contributed by atoms with E-state index in [1.165, 1.54) is 0 Å². The fourth-order valence-electron chi connectivity index (χ4n) is 1.88. The summed E-state index contributed by atoms with van der Waals surface area (Å²) in [5.74, 6) is -0.917. The van der Waals surface area contributed by atoms with Gasteiger partial charge >= 0.3 is 5.97 Å². The topological polar surface area (TPSA) is 62.7 Å². The van der Waals surface area contributed by atoms with Crippen LogP contribution in [-0.4, -0.2) is 46.3 Å². The van der Waals surface area contributed by atoms with Gasteiger partial charge in [-0.15, -0.1) is 11.3 Å². The second-order valence-electron chi connectivity index (χ2n) is 4.26. The van der Waals surface area contributed by atoms with Crippen molar-refractivity contribution in [2.45, 2.75) is 19.1 Å². The molecule has 0 aliphatic carbocycles. The van der Waals surface area contributed by atoms with Gasteiger partial charge < -0.3 is 9.84 Å². The number of hydrogen-bond acceptors (Lipinski definition) is 5. The van der Waals surface area contributed by atoms with Crippen molar-refractivity contribution in [1.82, 2.24) is 9.88 Å². The van der Waals surface area contributed by atoms with Crippen molar-refractivity contribution in [1.29, 1.82) is 0 Å². The van der Waals surface area contributed by atoms with Gasteiger partial charge in [-0.1, -0.05) is 0 Å². The van der Waals surface area contributed by atoms with Crippen LogP contribution in [0, 0.1) is 0 Å². The summed E-state index contributed by atoms with van der Waals surface area (Å²) in [5, 5.41) is 10.5. The molecule has 2 rings (SSSR count). The Morgan fingerprint density at radius 1 is 1.75 bits per heavy atom. The minimum Gasteiger partial charge on any atom is -0.480 e. The van der Waals surface area contributed by atoms with Crippen LogP contribution >= 0.6 is 11.3 Å². The van der Waals surface area contributed by atoms with Crippen LogP contribution in [0.5, 0.6) is 0 Å². The van der Waals surface area contributed by atoms with E-state index in [2.05, 4.69) is 9.88 Å². The molecular formula is C10H14N2O3S. The van der Waals surface area contributed by atoms with Crippen molar-refractivity contribution in [2.24, 2.45) is 0 Å².